The Morgan fingerprint density at radius 3 is 1.86 bits per heavy atom. The standard InChI is InChI=1S/C45H47N3O3.C3H7NO/c1-3-4-5-6-7-8-15-20-41(49)32(2)51-39-29-30-40(42(50)31-39)45-47-43(37-25-21-35(22-26-37)33-16-11-9-12-17-33)46-44(48-45)38-27-23-36(24-28-38)34-18-13-10-14-19-34;1-2-3-4-5/h9,11-13,16-19,21-32,50H,3-8,10,14-15,20H2,1-2H3;2-3H2,1H3. The molecule has 1 atom stereocenters. The van der Waals surface area contributed by atoms with Gasteiger partial charge in [-0.2, -0.15) is 4.91 Å². The first-order valence-electron chi connectivity index (χ1n) is 20.1. The molecule has 5 aromatic rings. The fourth-order valence-corrected chi connectivity index (χ4v) is 6.43. The van der Waals surface area contributed by atoms with Crippen LogP contribution in [-0.4, -0.2) is 38.5 Å². The predicted octanol–water partition coefficient (Wildman–Crippen LogP) is 12.6. The zero-order chi connectivity index (χ0) is 39.5. The molecule has 0 amide bonds. The number of benzene rings is 4. The van der Waals surface area contributed by atoms with E-state index in [2.05, 4.69) is 66.7 Å². The number of hydrogen-bond acceptors (Lipinski definition) is 8. The van der Waals surface area contributed by atoms with Crippen LogP contribution in [0.25, 0.3) is 50.9 Å². The van der Waals surface area contributed by atoms with E-state index in [1.54, 1.807) is 19.1 Å². The SMILES string of the molecule is CCCCCCCCCC(=O)C(C)Oc1ccc(-c2nc(-c3ccc(C4=CCCC=C4)cc3)nc(-c3ccc(-c4ccccc4)cc3)n2)c(O)c1.CCCN=O. The molecule has 4 aromatic carbocycles. The van der Waals surface area contributed by atoms with E-state index in [9.17, 15) is 9.90 Å². The van der Waals surface area contributed by atoms with Crippen molar-refractivity contribution < 1.29 is 14.6 Å². The molecule has 1 aliphatic carbocycles. The van der Waals surface area contributed by atoms with E-state index in [1.165, 1.54) is 43.7 Å². The molecular weight excluding hydrogens is 697 g/mol. The molecule has 8 nitrogen and oxygen atoms in total. The average Bonchev–Trinajstić information content (AvgIpc) is 3.24. The summed E-state index contributed by atoms with van der Waals surface area (Å²) in [6.45, 7) is 6.36. The lowest BCUT2D eigenvalue weighted by atomic mass is 9.98. The molecule has 290 valence electrons. The van der Waals surface area contributed by atoms with Crippen molar-refractivity contribution in [3.05, 3.63) is 126 Å². The Morgan fingerprint density at radius 1 is 0.696 bits per heavy atom. The van der Waals surface area contributed by atoms with Crippen molar-refractivity contribution in [2.75, 3.05) is 6.54 Å². The summed E-state index contributed by atoms with van der Waals surface area (Å²) in [7, 11) is 0. The first-order chi connectivity index (χ1) is 27.4. The fourth-order valence-electron chi connectivity index (χ4n) is 6.43. The maximum atomic E-state index is 12.8. The highest BCUT2D eigenvalue weighted by atomic mass is 16.5. The first kappa shape index (κ1) is 41.4. The largest absolute Gasteiger partial charge is 0.507 e. The van der Waals surface area contributed by atoms with Crippen LogP contribution in [0.3, 0.4) is 0 Å². The zero-order valence-corrected chi connectivity index (χ0v) is 33.0. The molecule has 1 unspecified atom stereocenters. The van der Waals surface area contributed by atoms with Gasteiger partial charge in [0.1, 0.15) is 11.5 Å². The summed E-state index contributed by atoms with van der Waals surface area (Å²) in [6.07, 6.45) is 17.6. The van der Waals surface area contributed by atoms with Crippen LogP contribution in [0.5, 0.6) is 11.5 Å². The highest BCUT2D eigenvalue weighted by molar-refractivity contribution is 5.83. The Hall–Kier alpha value is -5.76. The average molecular weight is 751 g/mol. The van der Waals surface area contributed by atoms with Gasteiger partial charge in [0.25, 0.3) is 0 Å². The smallest absolute Gasteiger partial charge is 0.172 e. The van der Waals surface area contributed by atoms with E-state index >= 15 is 0 Å². The van der Waals surface area contributed by atoms with Gasteiger partial charge in [0, 0.05) is 23.6 Å². The number of ether oxygens (including phenoxy) is 1. The minimum Gasteiger partial charge on any atom is -0.507 e. The number of rotatable bonds is 18. The van der Waals surface area contributed by atoms with Gasteiger partial charge in [-0.05, 0) is 67.0 Å². The monoisotopic (exact) mass is 750 g/mol. The molecule has 8 heteroatoms. The third-order valence-electron chi connectivity index (χ3n) is 9.68. The molecule has 6 rings (SSSR count). The Balaban J connectivity index is 0.00000113. The molecule has 0 saturated heterocycles. The van der Waals surface area contributed by atoms with E-state index in [0.29, 0.717) is 41.8 Å². The molecule has 0 saturated carbocycles. The number of unbranched alkanes of at least 4 members (excludes halogenated alkanes) is 6. The van der Waals surface area contributed by atoms with Crippen LogP contribution in [0, 0.1) is 4.91 Å². The number of allylic oxidation sites excluding steroid dienone is 4. The second kappa shape index (κ2) is 22.0. The number of Topliss-reactive ketones (excluding diaryl/α,β-unsaturated/α-hetero) is 1. The van der Waals surface area contributed by atoms with E-state index < -0.39 is 6.10 Å². The maximum Gasteiger partial charge on any atom is 0.172 e. The summed E-state index contributed by atoms with van der Waals surface area (Å²) >= 11 is 0. The first-order valence-corrected chi connectivity index (χ1v) is 20.1. The number of phenolic OH excluding ortho intramolecular Hbond substituents is 1. The van der Waals surface area contributed by atoms with Crippen LogP contribution in [0.2, 0.25) is 0 Å². The van der Waals surface area contributed by atoms with Gasteiger partial charge in [0.15, 0.2) is 29.4 Å². The number of carbonyl (C=O) groups is 1. The molecule has 56 heavy (non-hydrogen) atoms. The van der Waals surface area contributed by atoms with Crippen molar-refractivity contribution >= 4 is 11.4 Å². The van der Waals surface area contributed by atoms with Crippen molar-refractivity contribution in [2.24, 2.45) is 5.18 Å². The van der Waals surface area contributed by atoms with Gasteiger partial charge in [-0.25, -0.2) is 15.0 Å². The van der Waals surface area contributed by atoms with E-state index in [0.717, 1.165) is 59.9 Å². The molecule has 0 bridgehead atoms. The third kappa shape index (κ3) is 12.1. The summed E-state index contributed by atoms with van der Waals surface area (Å²) in [5.74, 6) is 1.81. The Bertz CT molecular complexity index is 2060. The van der Waals surface area contributed by atoms with Gasteiger partial charge >= 0.3 is 0 Å². The minimum atomic E-state index is -0.604. The zero-order valence-electron chi connectivity index (χ0n) is 33.0. The Kier molecular flexibility index (Phi) is 16.2. The lowest BCUT2D eigenvalue weighted by molar-refractivity contribution is -0.125. The van der Waals surface area contributed by atoms with Crippen LogP contribution < -0.4 is 4.74 Å². The second-order valence-corrected chi connectivity index (χ2v) is 14.1. The summed E-state index contributed by atoms with van der Waals surface area (Å²) in [5.41, 5.74) is 6.71. The van der Waals surface area contributed by atoms with E-state index in [1.807, 2.05) is 49.4 Å². The normalized spacial score (nSPS) is 12.6. The molecule has 1 N–H and O–H groups in total. The van der Waals surface area contributed by atoms with Gasteiger partial charge in [0.05, 0.1) is 12.1 Å². The number of carbonyl (C=O) groups excluding carboxylic acids is 1. The molecule has 0 spiro atoms. The molecule has 1 heterocycles. The Morgan fingerprint density at radius 2 is 1.29 bits per heavy atom. The van der Waals surface area contributed by atoms with Gasteiger partial charge in [0.2, 0.25) is 0 Å². The molecular formula is C48H54N4O4. The maximum absolute atomic E-state index is 12.8. The molecule has 0 radical (unpaired) electrons. The van der Waals surface area contributed by atoms with Crippen molar-refractivity contribution in [1.82, 2.24) is 15.0 Å². The van der Waals surface area contributed by atoms with Crippen molar-refractivity contribution in [3.8, 4) is 56.8 Å². The third-order valence-corrected chi connectivity index (χ3v) is 9.68. The van der Waals surface area contributed by atoms with E-state index in [-0.39, 0.29) is 11.5 Å². The van der Waals surface area contributed by atoms with Gasteiger partial charge in [-0.15, -0.1) is 0 Å². The number of aromatic nitrogens is 3. The number of hydrogen-bond donors (Lipinski definition) is 1. The molecule has 0 aliphatic heterocycles. The van der Waals surface area contributed by atoms with Crippen molar-refractivity contribution in [2.45, 2.75) is 97.5 Å². The number of ketones is 1. The van der Waals surface area contributed by atoms with Crippen molar-refractivity contribution in [1.29, 1.82) is 0 Å². The lowest BCUT2D eigenvalue weighted by Gasteiger charge is -2.15. The number of phenols is 1. The van der Waals surface area contributed by atoms with E-state index in [4.69, 9.17) is 24.6 Å². The Labute approximate surface area is 331 Å². The summed E-state index contributed by atoms with van der Waals surface area (Å²) in [5, 5.41) is 13.9. The molecule has 1 aromatic heterocycles. The van der Waals surface area contributed by atoms with Gasteiger partial charge in [-0.3, -0.25) is 4.79 Å². The molecule has 1 aliphatic rings. The fraction of sp³-hybridized carbons (Fsp3) is 0.333. The van der Waals surface area contributed by atoms with Crippen LogP contribution in [0.4, 0.5) is 0 Å². The van der Waals surface area contributed by atoms with Crippen LogP contribution >= 0.6 is 0 Å². The summed E-state index contributed by atoms with van der Waals surface area (Å²) in [6, 6.07) is 31.6. The summed E-state index contributed by atoms with van der Waals surface area (Å²) < 4.78 is 5.98. The lowest BCUT2D eigenvalue weighted by Crippen LogP contribution is -2.23. The van der Waals surface area contributed by atoms with Gasteiger partial charge in [-0.1, -0.05) is 155 Å². The predicted molar refractivity (Wildman–Crippen MR) is 228 cm³/mol. The number of nitroso groups, excluding NO2 is 1. The highest BCUT2D eigenvalue weighted by Gasteiger charge is 2.18. The van der Waals surface area contributed by atoms with Crippen LogP contribution in [0.15, 0.2) is 120 Å². The number of aromatic hydroxyl groups is 1. The van der Waals surface area contributed by atoms with Crippen LogP contribution in [0.1, 0.15) is 97.0 Å². The minimum absolute atomic E-state index is 0.0341. The molecule has 0 fully saturated rings. The van der Waals surface area contributed by atoms with Gasteiger partial charge < -0.3 is 9.84 Å². The number of nitrogens with zero attached hydrogens (tertiary/aromatic N) is 4. The second-order valence-electron chi connectivity index (χ2n) is 14.1. The highest BCUT2D eigenvalue weighted by Crippen LogP contribution is 2.34. The topological polar surface area (TPSA) is 115 Å². The van der Waals surface area contributed by atoms with Crippen molar-refractivity contribution in [3.63, 3.8) is 0 Å². The summed E-state index contributed by atoms with van der Waals surface area (Å²) in [4.78, 5) is 36.5. The quantitative estimate of drug-likeness (QED) is 0.0700. The van der Waals surface area contributed by atoms with Crippen LogP contribution in [-0.2, 0) is 4.79 Å².